The van der Waals surface area contributed by atoms with Crippen molar-refractivity contribution in [1.82, 2.24) is 10.2 Å². The highest BCUT2D eigenvalue weighted by Crippen LogP contribution is 2.26. The first-order valence-corrected chi connectivity index (χ1v) is 8.45. The Morgan fingerprint density at radius 3 is 2.62 bits per heavy atom. The van der Waals surface area contributed by atoms with Crippen LogP contribution in [-0.2, 0) is 6.42 Å². The predicted molar refractivity (Wildman–Crippen MR) is 91.6 cm³/mol. The van der Waals surface area contributed by atoms with E-state index in [9.17, 15) is 0 Å². The topological polar surface area (TPSA) is 15.3 Å². The van der Waals surface area contributed by atoms with Crippen LogP contribution in [0.15, 0.2) is 30.3 Å². The molecule has 0 radical (unpaired) electrons. The molecule has 2 unspecified atom stereocenters. The van der Waals surface area contributed by atoms with E-state index in [2.05, 4.69) is 68.2 Å². The monoisotopic (exact) mass is 288 g/mol. The van der Waals surface area contributed by atoms with Crippen LogP contribution in [0, 0.1) is 11.3 Å². The molecule has 0 amide bonds. The second kappa shape index (κ2) is 7.42. The van der Waals surface area contributed by atoms with E-state index in [1.807, 2.05) is 0 Å². The van der Waals surface area contributed by atoms with Crippen molar-refractivity contribution in [3.8, 4) is 0 Å². The number of hydrogen-bond donors (Lipinski definition) is 1. The van der Waals surface area contributed by atoms with Crippen molar-refractivity contribution >= 4 is 0 Å². The molecule has 2 atom stereocenters. The lowest BCUT2D eigenvalue weighted by molar-refractivity contribution is 0.159. The van der Waals surface area contributed by atoms with Gasteiger partial charge in [-0.15, -0.1) is 0 Å². The zero-order chi connectivity index (χ0) is 15.3. The van der Waals surface area contributed by atoms with Crippen LogP contribution in [0.5, 0.6) is 0 Å². The highest BCUT2D eigenvalue weighted by molar-refractivity contribution is 5.16. The largest absolute Gasteiger partial charge is 0.312 e. The Kier molecular flexibility index (Phi) is 5.83. The first-order chi connectivity index (χ1) is 9.95. The fourth-order valence-corrected chi connectivity index (χ4v) is 2.94. The normalized spacial score (nSPS) is 22.8. The summed E-state index contributed by atoms with van der Waals surface area (Å²) >= 11 is 0. The Hall–Kier alpha value is -0.860. The van der Waals surface area contributed by atoms with Gasteiger partial charge in [0.2, 0.25) is 0 Å². The van der Waals surface area contributed by atoms with Crippen LogP contribution < -0.4 is 5.32 Å². The molecular formula is C19H32N2. The summed E-state index contributed by atoms with van der Waals surface area (Å²) in [7, 11) is 0. The van der Waals surface area contributed by atoms with Gasteiger partial charge in [-0.2, -0.15) is 0 Å². The molecule has 118 valence electrons. The summed E-state index contributed by atoms with van der Waals surface area (Å²) < 4.78 is 0. The van der Waals surface area contributed by atoms with Crippen LogP contribution in [0.2, 0.25) is 0 Å². The maximum Gasteiger partial charge on any atom is 0.0235 e. The van der Waals surface area contributed by atoms with Gasteiger partial charge in [-0.05, 0) is 42.8 Å². The highest BCUT2D eigenvalue weighted by Gasteiger charge is 2.25. The Balaban J connectivity index is 1.92. The van der Waals surface area contributed by atoms with Gasteiger partial charge < -0.3 is 10.2 Å². The molecule has 2 rings (SSSR count). The van der Waals surface area contributed by atoms with E-state index in [0.29, 0.717) is 11.5 Å². The molecule has 1 fully saturated rings. The Labute approximate surface area is 130 Å². The van der Waals surface area contributed by atoms with Crippen molar-refractivity contribution in [2.24, 2.45) is 11.3 Å². The molecule has 1 saturated heterocycles. The quantitative estimate of drug-likeness (QED) is 0.911. The Morgan fingerprint density at radius 1 is 1.24 bits per heavy atom. The zero-order valence-electron chi connectivity index (χ0n) is 14.2. The maximum atomic E-state index is 3.73. The first kappa shape index (κ1) is 16.5. The van der Waals surface area contributed by atoms with E-state index in [1.54, 1.807) is 0 Å². The number of nitrogens with one attached hydrogen (secondary N) is 1. The molecule has 1 aromatic carbocycles. The molecule has 21 heavy (non-hydrogen) atoms. The lowest BCUT2D eigenvalue weighted by Crippen LogP contribution is -2.42. The van der Waals surface area contributed by atoms with Crippen molar-refractivity contribution in [2.45, 2.75) is 46.6 Å². The number of nitrogens with zero attached hydrogens (tertiary/aromatic N) is 1. The summed E-state index contributed by atoms with van der Waals surface area (Å²) in [5.41, 5.74) is 1.84. The molecule has 1 N–H and O–H groups in total. The molecule has 0 spiro atoms. The minimum absolute atomic E-state index is 0.397. The zero-order valence-corrected chi connectivity index (χ0v) is 14.2. The minimum Gasteiger partial charge on any atom is -0.312 e. The van der Waals surface area contributed by atoms with Gasteiger partial charge in [0.05, 0.1) is 0 Å². The molecule has 2 heteroatoms. The minimum atomic E-state index is 0.397. The molecule has 1 heterocycles. The van der Waals surface area contributed by atoms with Crippen molar-refractivity contribution in [3.05, 3.63) is 35.9 Å². The molecule has 1 aliphatic rings. The number of benzene rings is 1. The molecule has 0 aromatic heterocycles. The van der Waals surface area contributed by atoms with E-state index in [0.717, 1.165) is 18.9 Å². The van der Waals surface area contributed by atoms with E-state index in [-0.39, 0.29) is 0 Å². The Morgan fingerprint density at radius 2 is 1.95 bits per heavy atom. The second-order valence-electron chi connectivity index (χ2n) is 7.72. The van der Waals surface area contributed by atoms with Gasteiger partial charge in [0, 0.05) is 19.1 Å². The third-order valence-corrected chi connectivity index (χ3v) is 4.90. The highest BCUT2D eigenvalue weighted by atomic mass is 15.2. The van der Waals surface area contributed by atoms with Crippen LogP contribution in [0.25, 0.3) is 0 Å². The van der Waals surface area contributed by atoms with Gasteiger partial charge in [-0.1, -0.05) is 58.0 Å². The lowest BCUT2D eigenvalue weighted by Gasteiger charge is -2.33. The van der Waals surface area contributed by atoms with Crippen molar-refractivity contribution in [1.29, 1.82) is 0 Å². The van der Waals surface area contributed by atoms with Gasteiger partial charge in [0.15, 0.2) is 0 Å². The van der Waals surface area contributed by atoms with Crippen LogP contribution >= 0.6 is 0 Å². The standard InChI is InChI=1S/C19H32N2/c1-16(19(2,3)4)14-21-12-8-11-20-18(15-21)13-17-9-6-5-7-10-17/h5-7,9-10,16,18,20H,8,11-15H2,1-4H3. The van der Waals surface area contributed by atoms with Crippen molar-refractivity contribution < 1.29 is 0 Å². The molecule has 0 saturated carbocycles. The maximum absolute atomic E-state index is 3.73. The smallest absolute Gasteiger partial charge is 0.0235 e. The molecule has 0 aliphatic carbocycles. The SMILES string of the molecule is CC(CN1CCCNC(Cc2ccccc2)C1)C(C)(C)C. The lowest BCUT2D eigenvalue weighted by atomic mass is 9.82. The van der Waals surface area contributed by atoms with Gasteiger partial charge in [0.25, 0.3) is 0 Å². The molecule has 1 aliphatic heterocycles. The van der Waals surface area contributed by atoms with Crippen molar-refractivity contribution in [2.75, 3.05) is 26.2 Å². The fourth-order valence-electron chi connectivity index (χ4n) is 2.94. The molecular weight excluding hydrogens is 256 g/mol. The third kappa shape index (κ3) is 5.44. The van der Waals surface area contributed by atoms with E-state index >= 15 is 0 Å². The third-order valence-electron chi connectivity index (χ3n) is 4.90. The summed E-state index contributed by atoms with van der Waals surface area (Å²) in [6.07, 6.45) is 2.41. The van der Waals surface area contributed by atoms with Crippen molar-refractivity contribution in [3.63, 3.8) is 0 Å². The van der Waals surface area contributed by atoms with Crippen LogP contribution in [0.4, 0.5) is 0 Å². The van der Waals surface area contributed by atoms with Crippen LogP contribution in [0.1, 0.15) is 39.7 Å². The summed E-state index contributed by atoms with van der Waals surface area (Å²) in [4.78, 5) is 2.67. The molecule has 1 aromatic rings. The number of rotatable bonds is 4. The molecule has 0 bridgehead atoms. The van der Waals surface area contributed by atoms with E-state index in [1.165, 1.54) is 31.6 Å². The van der Waals surface area contributed by atoms with Gasteiger partial charge >= 0.3 is 0 Å². The predicted octanol–water partition coefficient (Wildman–Crippen LogP) is 3.58. The fraction of sp³-hybridized carbons (Fsp3) is 0.684. The average molecular weight is 288 g/mol. The molecule has 2 nitrogen and oxygen atoms in total. The average Bonchev–Trinajstić information content (AvgIpc) is 2.64. The van der Waals surface area contributed by atoms with E-state index < -0.39 is 0 Å². The number of hydrogen-bond acceptors (Lipinski definition) is 2. The van der Waals surface area contributed by atoms with Gasteiger partial charge in [-0.25, -0.2) is 0 Å². The van der Waals surface area contributed by atoms with Gasteiger partial charge in [-0.3, -0.25) is 0 Å². The van der Waals surface area contributed by atoms with Crippen LogP contribution in [-0.4, -0.2) is 37.1 Å². The summed E-state index contributed by atoms with van der Waals surface area (Å²) in [5.74, 6) is 0.730. The first-order valence-electron chi connectivity index (χ1n) is 8.45. The summed E-state index contributed by atoms with van der Waals surface area (Å²) in [6, 6.07) is 11.5. The Bertz CT molecular complexity index is 407. The summed E-state index contributed by atoms with van der Waals surface area (Å²) in [5, 5.41) is 3.73. The van der Waals surface area contributed by atoms with Gasteiger partial charge in [0.1, 0.15) is 0 Å². The summed E-state index contributed by atoms with van der Waals surface area (Å²) in [6.45, 7) is 14.2. The van der Waals surface area contributed by atoms with E-state index in [4.69, 9.17) is 0 Å². The van der Waals surface area contributed by atoms with Crippen LogP contribution in [0.3, 0.4) is 0 Å². The second-order valence-corrected chi connectivity index (χ2v) is 7.72.